The molecular weight excluding hydrogens is 330 g/mol. The van der Waals surface area contributed by atoms with Gasteiger partial charge >= 0.3 is 5.97 Å². The first-order valence-corrected chi connectivity index (χ1v) is 9.74. The lowest BCUT2D eigenvalue weighted by molar-refractivity contribution is -0.152. The van der Waals surface area contributed by atoms with Crippen LogP contribution >= 0.6 is 11.8 Å². The van der Waals surface area contributed by atoms with Gasteiger partial charge in [-0.3, -0.25) is 14.4 Å². The fraction of sp³-hybridized carbons (Fsp3) is 0.812. The molecule has 1 aliphatic heterocycles. The van der Waals surface area contributed by atoms with Crippen LogP contribution in [0.1, 0.15) is 26.2 Å². The molecular formula is C16H29N3O4S. The Morgan fingerprint density at radius 3 is 2.75 bits per heavy atom. The van der Waals surface area contributed by atoms with Gasteiger partial charge in [0, 0.05) is 20.1 Å². The molecule has 7 nitrogen and oxygen atoms in total. The number of nitrogens with two attached hydrogens (primary N) is 1. The van der Waals surface area contributed by atoms with Gasteiger partial charge in [0.25, 0.3) is 0 Å². The molecule has 2 amide bonds. The molecule has 8 heteroatoms. The molecule has 24 heavy (non-hydrogen) atoms. The van der Waals surface area contributed by atoms with Crippen molar-refractivity contribution in [3.8, 4) is 0 Å². The highest BCUT2D eigenvalue weighted by Crippen LogP contribution is 2.18. The number of rotatable bonds is 8. The van der Waals surface area contributed by atoms with Gasteiger partial charge < -0.3 is 20.3 Å². The number of nitrogens with zero attached hydrogens (tertiary/aromatic N) is 2. The number of carbonyl (C=O) groups excluding carboxylic acids is 3. The minimum atomic E-state index is -0.580. The van der Waals surface area contributed by atoms with Crippen LogP contribution in [0.25, 0.3) is 0 Å². The quantitative estimate of drug-likeness (QED) is 0.628. The average molecular weight is 359 g/mol. The van der Waals surface area contributed by atoms with Gasteiger partial charge in [0.1, 0.15) is 0 Å². The Kier molecular flexibility index (Phi) is 9.13. The Labute approximate surface area is 148 Å². The molecule has 0 spiro atoms. The highest BCUT2D eigenvalue weighted by Gasteiger charge is 2.30. The van der Waals surface area contributed by atoms with Crippen LogP contribution in [0, 0.1) is 5.92 Å². The third-order valence-corrected chi connectivity index (χ3v) is 4.74. The standard InChI is InChI=1S/C16H29N3O4S/c1-4-23-16(22)12-6-5-8-19(10-12)14(20)11-18(2)15(21)13(17)7-9-24-3/h12-13H,4-11,17H2,1-3H3. The predicted molar refractivity (Wildman–Crippen MR) is 94.5 cm³/mol. The summed E-state index contributed by atoms with van der Waals surface area (Å²) in [5, 5.41) is 0. The van der Waals surface area contributed by atoms with E-state index in [4.69, 9.17) is 10.5 Å². The topological polar surface area (TPSA) is 92.9 Å². The number of likely N-dealkylation sites (tertiary alicyclic amines) is 1. The Morgan fingerprint density at radius 2 is 2.12 bits per heavy atom. The van der Waals surface area contributed by atoms with Crippen molar-refractivity contribution in [3.05, 3.63) is 0 Å². The number of esters is 1. The second kappa shape index (κ2) is 10.6. The number of hydrogen-bond acceptors (Lipinski definition) is 6. The summed E-state index contributed by atoms with van der Waals surface area (Å²) in [5.41, 5.74) is 5.86. The monoisotopic (exact) mass is 359 g/mol. The lowest BCUT2D eigenvalue weighted by Gasteiger charge is -2.33. The summed E-state index contributed by atoms with van der Waals surface area (Å²) in [6.45, 7) is 3.06. The maximum atomic E-state index is 12.4. The molecule has 0 aromatic carbocycles. The maximum Gasteiger partial charge on any atom is 0.310 e. The molecule has 2 unspecified atom stereocenters. The van der Waals surface area contributed by atoms with Crippen LogP contribution in [0.3, 0.4) is 0 Å². The first-order valence-electron chi connectivity index (χ1n) is 8.34. The summed E-state index contributed by atoms with van der Waals surface area (Å²) in [4.78, 5) is 39.4. The molecule has 1 fully saturated rings. The number of amides is 2. The fourth-order valence-corrected chi connectivity index (χ4v) is 3.18. The molecule has 0 bridgehead atoms. The first kappa shape index (κ1) is 20.8. The predicted octanol–water partition coefficient (Wildman–Crippen LogP) is 0.327. The summed E-state index contributed by atoms with van der Waals surface area (Å²) in [6.07, 6.45) is 4.05. The van der Waals surface area contributed by atoms with E-state index in [0.29, 0.717) is 26.1 Å². The molecule has 2 atom stereocenters. The smallest absolute Gasteiger partial charge is 0.310 e. The zero-order valence-electron chi connectivity index (χ0n) is 14.8. The van der Waals surface area contributed by atoms with Crippen molar-refractivity contribution in [3.63, 3.8) is 0 Å². The molecule has 0 aromatic rings. The summed E-state index contributed by atoms with van der Waals surface area (Å²) < 4.78 is 5.04. The molecule has 1 rings (SSSR count). The summed E-state index contributed by atoms with van der Waals surface area (Å²) >= 11 is 1.63. The van der Waals surface area contributed by atoms with E-state index < -0.39 is 6.04 Å². The number of hydrogen-bond donors (Lipinski definition) is 1. The lowest BCUT2D eigenvalue weighted by Crippen LogP contribution is -2.49. The van der Waals surface area contributed by atoms with E-state index >= 15 is 0 Å². The van der Waals surface area contributed by atoms with E-state index in [-0.39, 0.29) is 30.2 Å². The molecule has 138 valence electrons. The van der Waals surface area contributed by atoms with Crippen LogP contribution in [0.5, 0.6) is 0 Å². The largest absolute Gasteiger partial charge is 0.466 e. The van der Waals surface area contributed by atoms with Gasteiger partial charge in [0.2, 0.25) is 11.8 Å². The van der Waals surface area contributed by atoms with Crippen LogP contribution < -0.4 is 5.73 Å². The Hall–Kier alpha value is -1.28. The number of thioether (sulfide) groups is 1. The van der Waals surface area contributed by atoms with Gasteiger partial charge in [0.05, 0.1) is 25.1 Å². The Balaban J connectivity index is 2.51. The summed E-state index contributed by atoms with van der Waals surface area (Å²) in [5.74, 6) is -0.0959. The zero-order valence-corrected chi connectivity index (χ0v) is 15.6. The van der Waals surface area contributed by atoms with Gasteiger partial charge in [-0.1, -0.05) is 0 Å². The van der Waals surface area contributed by atoms with E-state index in [1.807, 2.05) is 6.26 Å². The van der Waals surface area contributed by atoms with E-state index in [9.17, 15) is 14.4 Å². The van der Waals surface area contributed by atoms with Crippen molar-refractivity contribution in [2.24, 2.45) is 11.7 Å². The minimum absolute atomic E-state index is 0.0126. The third-order valence-electron chi connectivity index (χ3n) is 4.09. The van der Waals surface area contributed by atoms with Gasteiger partial charge in [-0.15, -0.1) is 0 Å². The van der Waals surface area contributed by atoms with Crippen LogP contribution in [0.15, 0.2) is 0 Å². The van der Waals surface area contributed by atoms with Crippen LogP contribution in [0.2, 0.25) is 0 Å². The van der Waals surface area contributed by atoms with E-state index in [2.05, 4.69) is 0 Å². The van der Waals surface area contributed by atoms with Gasteiger partial charge in [-0.05, 0) is 38.2 Å². The zero-order chi connectivity index (χ0) is 18.1. The number of ether oxygens (including phenoxy) is 1. The lowest BCUT2D eigenvalue weighted by atomic mass is 9.98. The summed E-state index contributed by atoms with van der Waals surface area (Å²) in [7, 11) is 1.59. The van der Waals surface area contributed by atoms with Crippen LogP contribution in [-0.2, 0) is 19.1 Å². The summed E-state index contributed by atoms with van der Waals surface area (Å²) in [6, 6.07) is -0.580. The van der Waals surface area contributed by atoms with Crippen LogP contribution in [-0.4, -0.2) is 78.9 Å². The molecule has 0 radical (unpaired) electrons. The van der Waals surface area contributed by atoms with Crippen molar-refractivity contribution >= 4 is 29.5 Å². The first-order chi connectivity index (χ1) is 11.4. The highest BCUT2D eigenvalue weighted by molar-refractivity contribution is 7.98. The normalized spacial score (nSPS) is 18.8. The van der Waals surface area contributed by atoms with E-state index in [1.165, 1.54) is 4.90 Å². The minimum Gasteiger partial charge on any atom is -0.466 e. The van der Waals surface area contributed by atoms with Gasteiger partial charge in [-0.25, -0.2) is 0 Å². The van der Waals surface area contributed by atoms with Crippen molar-refractivity contribution in [1.82, 2.24) is 9.80 Å². The van der Waals surface area contributed by atoms with Crippen molar-refractivity contribution in [1.29, 1.82) is 0 Å². The highest BCUT2D eigenvalue weighted by atomic mass is 32.2. The molecule has 1 aliphatic rings. The van der Waals surface area contributed by atoms with Crippen molar-refractivity contribution in [2.75, 3.05) is 45.3 Å². The molecule has 0 aromatic heterocycles. The number of piperidine rings is 1. The third kappa shape index (κ3) is 6.32. The Morgan fingerprint density at radius 1 is 1.42 bits per heavy atom. The van der Waals surface area contributed by atoms with E-state index in [0.717, 1.165) is 18.6 Å². The van der Waals surface area contributed by atoms with E-state index in [1.54, 1.807) is 30.6 Å². The van der Waals surface area contributed by atoms with Gasteiger partial charge in [-0.2, -0.15) is 11.8 Å². The number of likely N-dealkylation sites (N-methyl/N-ethyl adjacent to an activating group) is 1. The number of carbonyl (C=O) groups is 3. The van der Waals surface area contributed by atoms with Crippen LogP contribution in [0.4, 0.5) is 0 Å². The SMILES string of the molecule is CCOC(=O)C1CCCN(C(=O)CN(C)C(=O)C(N)CCSC)C1. The fourth-order valence-electron chi connectivity index (χ4n) is 2.69. The molecule has 0 aliphatic carbocycles. The van der Waals surface area contributed by atoms with Crippen molar-refractivity contribution in [2.45, 2.75) is 32.2 Å². The second-order valence-corrected chi connectivity index (χ2v) is 7.00. The molecule has 1 heterocycles. The average Bonchev–Trinajstić information content (AvgIpc) is 2.59. The molecule has 1 saturated heterocycles. The van der Waals surface area contributed by atoms with Crippen molar-refractivity contribution < 1.29 is 19.1 Å². The molecule has 0 saturated carbocycles. The van der Waals surface area contributed by atoms with Gasteiger partial charge in [0.15, 0.2) is 0 Å². The Bertz CT molecular complexity index is 447. The second-order valence-electron chi connectivity index (χ2n) is 6.01. The maximum absolute atomic E-state index is 12.4. The molecule has 2 N–H and O–H groups in total.